The van der Waals surface area contributed by atoms with Gasteiger partial charge in [0.25, 0.3) is 0 Å². The molecule has 3 nitrogen and oxygen atoms in total. The second kappa shape index (κ2) is 6.12. The minimum Gasteiger partial charge on any atom is -0.298 e. The van der Waals surface area contributed by atoms with E-state index in [4.69, 9.17) is 0 Å². The SMILES string of the molecule is CCC(c1nccs1)N1CC2CCCN2CC1C(C)C. The van der Waals surface area contributed by atoms with Crippen LogP contribution in [-0.4, -0.2) is 46.5 Å². The first-order valence-corrected chi connectivity index (χ1v) is 8.97. The number of piperazine rings is 1. The van der Waals surface area contributed by atoms with Crippen molar-refractivity contribution in [1.29, 1.82) is 0 Å². The second-order valence-corrected chi connectivity index (χ2v) is 7.52. The van der Waals surface area contributed by atoms with Crippen LogP contribution < -0.4 is 0 Å². The van der Waals surface area contributed by atoms with Crippen LogP contribution in [-0.2, 0) is 0 Å². The van der Waals surface area contributed by atoms with Crippen LogP contribution in [0.15, 0.2) is 11.6 Å². The Kier molecular flexibility index (Phi) is 4.43. The quantitative estimate of drug-likeness (QED) is 0.848. The van der Waals surface area contributed by atoms with Crippen molar-refractivity contribution < 1.29 is 0 Å². The first kappa shape index (κ1) is 14.5. The summed E-state index contributed by atoms with van der Waals surface area (Å²) < 4.78 is 0. The van der Waals surface area contributed by atoms with Crippen molar-refractivity contribution in [2.75, 3.05) is 19.6 Å². The average molecular weight is 293 g/mol. The fourth-order valence-electron chi connectivity index (χ4n) is 3.97. The maximum atomic E-state index is 4.61. The molecule has 4 heteroatoms. The number of rotatable bonds is 4. The predicted molar refractivity (Wildman–Crippen MR) is 85.1 cm³/mol. The Balaban J connectivity index is 1.83. The van der Waals surface area contributed by atoms with E-state index in [2.05, 4.69) is 40.9 Å². The molecular formula is C16H27N3S. The molecule has 0 aliphatic carbocycles. The Bertz CT molecular complexity index is 417. The molecule has 0 N–H and O–H groups in total. The lowest BCUT2D eigenvalue weighted by Crippen LogP contribution is -2.58. The van der Waals surface area contributed by atoms with Crippen LogP contribution in [0, 0.1) is 5.92 Å². The summed E-state index contributed by atoms with van der Waals surface area (Å²) in [6, 6.07) is 1.99. The highest BCUT2D eigenvalue weighted by Gasteiger charge is 2.40. The zero-order valence-corrected chi connectivity index (χ0v) is 13.8. The molecule has 2 fully saturated rings. The van der Waals surface area contributed by atoms with Crippen molar-refractivity contribution in [3.8, 4) is 0 Å². The van der Waals surface area contributed by atoms with Crippen molar-refractivity contribution in [2.24, 2.45) is 5.92 Å². The Hall–Kier alpha value is -0.450. The molecule has 3 unspecified atom stereocenters. The zero-order valence-electron chi connectivity index (χ0n) is 13.0. The Morgan fingerprint density at radius 3 is 2.90 bits per heavy atom. The number of hydrogen-bond acceptors (Lipinski definition) is 4. The molecule has 0 amide bonds. The highest BCUT2D eigenvalue weighted by Crippen LogP contribution is 2.35. The molecule has 0 aromatic carbocycles. The summed E-state index contributed by atoms with van der Waals surface area (Å²) in [6.45, 7) is 10.9. The lowest BCUT2D eigenvalue weighted by atomic mass is 9.95. The molecule has 2 aliphatic rings. The number of aromatic nitrogens is 1. The predicted octanol–water partition coefficient (Wildman–Crippen LogP) is 3.40. The van der Waals surface area contributed by atoms with Gasteiger partial charge in [-0.15, -0.1) is 11.3 Å². The van der Waals surface area contributed by atoms with Gasteiger partial charge < -0.3 is 0 Å². The molecule has 0 radical (unpaired) electrons. The first-order chi connectivity index (χ1) is 9.70. The van der Waals surface area contributed by atoms with E-state index in [-0.39, 0.29) is 0 Å². The minimum atomic E-state index is 0.519. The van der Waals surface area contributed by atoms with Gasteiger partial charge in [-0.1, -0.05) is 20.8 Å². The smallest absolute Gasteiger partial charge is 0.110 e. The van der Waals surface area contributed by atoms with E-state index in [0.717, 1.165) is 6.04 Å². The standard InChI is InChI=1S/C16H27N3S/c1-4-14(16-17-7-9-20-16)19-10-13-6-5-8-18(13)11-15(19)12(2)3/h7,9,12-15H,4-6,8,10-11H2,1-3H3. The number of hydrogen-bond donors (Lipinski definition) is 0. The van der Waals surface area contributed by atoms with E-state index in [1.54, 1.807) is 0 Å². The minimum absolute atomic E-state index is 0.519. The average Bonchev–Trinajstić information content (AvgIpc) is 3.08. The van der Waals surface area contributed by atoms with Gasteiger partial charge in [0.1, 0.15) is 5.01 Å². The molecule has 0 spiro atoms. The monoisotopic (exact) mass is 293 g/mol. The largest absolute Gasteiger partial charge is 0.298 e. The fraction of sp³-hybridized carbons (Fsp3) is 0.812. The molecule has 0 saturated carbocycles. The summed E-state index contributed by atoms with van der Waals surface area (Å²) in [5.74, 6) is 0.713. The lowest BCUT2D eigenvalue weighted by molar-refractivity contribution is -0.00204. The van der Waals surface area contributed by atoms with Gasteiger partial charge in [0, 0.05) is 36.8 Å². The van der Waals surface area contributed by atoms with Crippen molar-refractivity contribution in [2.45, 2.75) is 58.2 Å². The van der Waals surface area contributed by atoms with Gasteiger partial charge in [-0.3, -0.25) is 9.80 Å². The molecule has 1 aromatic heterocycles. The number of fused-ring (bicyclic) bond motifs is 1. The van der Waals surface area contributed by atoms with E-state index >= 15 is 0 Å². The third-order valence-electron chi connectivity index (χ3n) is 5.06. The van der Waals surface area contributed by atoms with Crippen LogP contribution in [0.1, 0.15) is 51.1 Å². The molecule has 3 atom stereocenters. The normalized spacial score (nSPS) is 29.8. The van der Waals surface area contributed by atoms with Crippen molar-refractivity contribution >= 4 is 11.3 Å². The third kappa shape index (κ3) is 2.66. The maximum absolute atomic E-state index is 4.61. The van der Waals surface area contributed by atoms with Crippen LogP contribution in [0.4, 0.5) is 0 Å². The van der Waals surface area contributed by atoms with E-state index in [1.165, 1.54) is 43.9 Å². The van der Waals surface area contributed by atoms with Gasteiger partial charge in [-0.2, -0.15) is 0 Å². The Morgan fingerprint density at radius 1 is 1.40 bits per heavy atom. The van der Waals surface area contributed by atoms with Crippen molar-refractivity contribution in [3.05, 3.63) is 16.6 Å². The molecule has 3 heterocycles. The molecular weight excluding hydrogens is 266 g/mol. The topological polar surface area (TPSA) is 19.4 Å². The molecule has 112 valence electrons. The van der Waals surface area contributed by atoms with Crippen LogP contribution >= 0.6 is 11.3 Å². The van der Waals surface area contributed by atoms with E-state index < -0.39 is 0 Å². The molecule has 0 bridgehead atoms. The van der Waals surface area contributed by atoms with Crippen LogP contribution in [0.25, 0.3) is 0 Å². The lowest BCUT2D eigenvalue weighted by Gasteiger charge is -2.48. The van der Waals surface area contributed by atoms with E-state index in [9.17, 15) is 0 Å². The summed E-state index contributed by atoms with van der Waals surface area (Å²) in [6.07, 6.45) is 5.90. The fourth-order valence-corrected chi connectivity index (χ4v) is 4.81. The first-order valence-electron chi connectivity index (χ1n) is 8.10. The molecule has 2 saturated heterocycles. The molecule has 2 aliphatic heterocycles. The molecule has 1 aromatic rings. The Morgan fingerprint density at radius 2 is 2.25 bits per heavy atom. The van der Waals surface area contributed by atoms with Crippen molar-refractivity contribution in [3.63, 3.8) is 0 Å². The highest BCUT2D eigenvalue weighted by molar-refractivity contribution is 7.09. The van der Waals surface area contributed by atoms with Gasteiger partial charge in [-0.05, 0) is 31.7 Å². The van der Waals surface area contributed by atoms with Crippen LogP contribution in [0.2, 0.25) is 0 Å². The van der Waals surface area contributed by atoms with Gasteiger partial charge >= 0.3 is 0 Å². The molecule has 3 rings (SSSR count). The highest BCUT2D eigenvalue weighted by atomic mass is 32.1. The summed E-state index contributed by atoms with van der Waals surface area (Å²) in [5, 5.41) is 3.43. The number of thiazole rings is 1. The van der Waals surface area contributed by atoms with Gasteiger partial charge in [0.05, 0.1) is 6.04 Å². The second-order valence-electron chi connectivity index (χ2n) is 6.59. The third-order valence-corrected chi connectivity index (χ3v) is 5.94. The van der Waals surface area contributed by atoms with Gasteiger partial charge in [0.15, 0.2) is 0 Å². The van der Waals surface area contributed by atoms with E-state index in [0.29, 0.717) is 18.0 Å². The van der Waals surface area contributed by atoms with Crippen LogP contribution in [0.3, 0.4) is 0 Å². The summed E-state index contributed by atoms with van der Waals surface area (Å²) >= 11 is 1.82. The van der Waals surface area contributed by atoms with Gasteiger partial charge in [-0.25, -0.2) is 4.98 Å². The Labute approximate surface area is 127 Å². The maximum Gasteiger partial charge on any atom is 0.110 e. The van der Waals surface area contributed by atoms with Crippen LogP contribution in [0.5, 0.6) is 0 Å². The number of nitrogens with zero attached hydrogens (tertiary/aromatic N) is 3. The van der Waals surface area contributed by atoms with Crippen molar-refractivity contribution in [1.82, 2.24) is 14.8 Å². The van der Waals surface area contributed by atoms with E-state index in [1.807, 2.05) is 17.5 Å². The summed E-state index contributed by atoms with van der Waals surface area (Å²) in [4.78, 5) is 10.1. The summed E-state index contributed by atoms with van der Waals surface area (Å²) in [7, 11) is 0. The summed E-state index contributed by atoms with van der Waals surface area (Å²) in [5.41, 5.74) is 0. The van der Waals surface area contributed by atoms with Gasteiger partial charge in [0.2, 0.25) is 0 Å². The molecule has 20 heavy (non-hydrogen) atoms. The zero-order chi connectivity index (χ0) is 14.1.